The summed E-state index contributed by atoms with van der Waals surface area (Å²) in [6.07, 6.45) is 2.72. The van der Waals surface area contributed by atoms with E-state index in [9.17, 15) is 9.59 Å². The molecular weight excluding hydrogens is 334 g/mol. The van der Waals surface area contributed by atoms with E-state index in [1.807, 2.05) is 28.9 Å². The Morgan fingerprint density at radius 3 is 3.08 bits per heavy atom. The lowest BCUT2D eigenvalue weighted by molar-refractivity contribution is -0.139. The van der Waals surface area contributed by atoms with Gasteiger partial charge in [-0.25, -0.2) is 0 Å². The minimum absolute atomic E-state index is 0.000439. The van der Waals surface area contributed by atoms with Gasteiger partial charge in [0.2, 0.25) is 11.8 Å². The topological polar surface area (TPSA) is 94.5 Å². The molecule has 0 bridgehead atoms. The Hall–Kier alpha value is -2.61. The van der Waals surface area contributed by atoms with Crippen LogP contribution in [0.5, 0.6) is 0 Å². The molecular formula is C18H23N5O3. The van der Waals surface area contributed by atoms with Gasteiger partial charge in [-0.1, -0.05) is 0 Å². The minimum atomic E-state index is -0.465. The number of aromatic amines is 1. The van der Waals surface area contributed by atoms with Gasteiger partial charge in [0.15, 0.2) is 0 Å². The van der Waals surface area contributed by atoms with Crippen molar-refractivity contribution >= 4 is 11.8 Å². The highest BCUT2D eigenvalue weighted by Crippen LogP contribution is 2.20. The van der Waals surface area contributed by atoms with Gasteiger partial charge in [-0.05, 0) is 19.1 Å². The summed E-state index contributed by atoms with van der Waals surface area (Å²) in [6, 6.07) is 3.37. The number of rotatable bonds is 4. The Labute approximate surface area is 151 Å². The van der Waals surface area contributed by atoms with Crippen molar-refractivity contribution < 1.29 is 14.0 Å². The molecule has 1 fully saturated rings. The molecule has 4 rings (SSSR count). The van der Waals surface area contributed by atoms with Crippen LogP contribution in [0.15, 0.2) is 22.7 Å². The number of H-pyrrole nitrogens is 1. The molecule has 0 saturated carbocycles. The number of aromatic nitrogens is 2. The van der Waals surface area contributed by atoms with Crippen molar-refractivity contribution in [3.63, 3.8) is 0 Å². The average molecular weight is 357 g/mol. The Morgan fingerprint density at radius 1 is 1.38 bits per heavy atom. The standard InChI is InChI=1S/C18H23N5O3/c1-12-2-3-14(26-12)11-22-7-5-19-18(25)16(22)8-17(24)23-6-4-15-13(10-23)9-20-21-15/h2-3,9,16H,4-8,10-11H2,1H3,(H,19,25)(H,20,21)/t16-/m1/s1. The highest BCUT2D eigenvalue weighted by Gasteiger charge is 2.34. The molecule has 4 heterocycles. The van der Waals surface area contributed by atoms with Crippen molar-refractivity contribution in [3.05, 3.63) is 41.1 Å². The van der Waals surface area contributed by atoms with Crippen LogP contribution in [0.25, 0.3) is 0 Å². The molecule has 0 aliphatic carbocycles. The van der Waals surface area contributed by atoms with Crippen LogP contribution >= 0.6 is 0 Å². The number of amides is 2. The number of carbonyl (C=O) groups is 2. The van der Waals surface area contributed by atoms with E-state index in [1.165, 1.54) is 0 Å². The molecule has 8 nitrogen and oxygen atoms in total. The van der Waals surface area contributed by atoms with Crippen molar-refractivity contribution in [2.24, 2.45) is 0 Å². The first-order chi connectivity index (χ1) is 12.6. The third kappa shape index (κ3) is 3.37. The number of carbonyl (C=O) groups excluding carboxylic acids is 2. The number of nitrogens with one attached hydrogen (secondary N) is 2. The number of fused-ring (bicyclic) bond motifs is 1. The fourth-order valence-electron chi connectivity index (χ4n) is 3.67. The fraction of sp³-hybridized carbons (Fsp3) is 0.500. The molecule has 2 aromatic heterocycles. The Kier molecular flexibility index (Phi) is 4.50. The number of aryl methyl sites for hydroxylation is 1. The van der Waals surface area contributed by atoms with E-state index < -0.39 is 6.04 Å². The zero-order valence-corrected chi connectivity index (χ0v) is 14.8. The van der Waals surface area contributed by atoms with E-state index in [4.69, 9.17) is 4.42 Å². The van der Waals surface area contributed by atoms with E-state index in [0.29, 0.717) is 32.7 Å². The van der Waals surface area contributed by atoms with Gasteiger partial charge in [-0.2, -0.15) is 5.10 Å². The second-order valence-corrected chi connectivity index (χ2v) is 6.93. The summed E-state index contributed by atoms with van der Waals surface area (Å²) >= 11 is 0. The fourth-order valence-corrected chi connectivity index (χ4v) is 3.67. The normalized spacial score (nSPS) is 20.7. The highest BCUT2D eigenvalue weighted by molar-refractivity contribution is 5.89. The van der Waals surface area contributed by atoms with Crippen molar-refractivity contribution in [1.29, 1.82) is 0 Å². The van der Waals surface area contributed by atoms with E-state index in [-0.39, 0.29) is 18.2 Å². The van der Waals surface area contributed by atoms with Crippen LogP contribution in [0.4, 0.5) is 0 Å². The number of piperazine rings is 1. The lowest BCUT2D eigenvalue weighted by atomic mass is 10.0. The first-order valence-electron chi connectivity index (χ1n) is 8.96. The predicted molar refractivity (Wildman–Crippen MR) is 93.0 cm³/mol. The number of hydrogen-bond acceptors (Lipinski definition) is 5. The van der Waals surface area contributed by atoms with Crippen molar-refractivity contribution in [2.75, 3.05) is 19.6 Å². The van der Waals surface area contributed by atoms with Crippen LogP contribution < -0.4 is 5.32 Å². The average Bonchev–Trinajstić information content (AvgIpc) is 3.25. The molecule has 138 valence electrons. The monoisotopic (exact) mass is 357 g/mol. The van der Waals surface area contributed by atoms with Gasteiger partial charge in [0, 0.05) is 43.9 Å². The minimum Gasteiger partial charge on any atom is -0.465 e. The number of nitrogens with zero attached hydrogens (tertiary/aromatic N) is 3. The second-order valence-electron chi connectivity index (χ2n) is 6.93. The molecule has 0 aromatic carbocycles. The van der Waals surface area contributed by atoms with Gasteiger partial charge in [0.05, 0.1) is 25.2 Å². The zero-order chi connectivity index (χ0) is 18.1. The van der Waals surface area contributed by atoms with Crippen molar-refractivity contribution in [1.82, 2.24) is 25.3 Å². The molecule has 1 atom stereocenters. The third-order valence-corrected chi connectivity index (χ3v) is 5.12. The molecule has 1 saturated heterocycles. The van der Waals surface area contributed by atoms with Gasteiger partial charge in [0.25, 0.3) is 0 Å². The lowest BCUT2D eigenvalue weighted by Crippen LogP contribution is -2.56. The first kappa shape index (κ1) is 16.8. The van der Waals surface area contributed by atoms with Gasteiger partial charge in [-0.15, -0.1) is 0 Å². The highest BCUT2D eigenvalue weighted by atomic mass is 16.3. The molecule has 2 N–H and O–H groups in total. The molecule has 26 heavy (non-hydrogen) atoms. The van der Waals surface area contributed by atoms with Gasteiger partial charge in [0.1, 0.15) is 11.5 Å². The quantitative estimate of drug-likeness (QED) is 0.835. The second kappa shape index (κ2) is 6.95. The summed E-state index contributed by atoms with van der Waals surface area (Å²) in [7, 11) is 0. The summed E-state index contributed by atoms with van der Waals surface area (Å²) in [5.74, 6) is 1.57. The third-order valence-electron chi connectivity index (χ3n) is 5.12. The van der Waals surface area contributed by atoms with Gasteiger partial charge >= 0.3 is 0 Å². The Morgan fingerprint density at radius 2 is 2.27 bits per heavy atom. The number of furan rings is 1. The summed E-state index contributed by atoms with van der Waals surface area (Å²) in [6.45, 7) is 4.93. The van der Waals surface area contributed by atoms with E-state index in [0.717, 1.165) is 29.2 Å². The molecule has 2 aliphatic rings. The molecule has 8 heteroatoms. The summed E-state index contributed by atoms with van der Waals surface area (Å²) in [5, 5.41) is 9.89. The van der Waals surface area contributed by atoms with Gasteiger partial charge in [-0.3, -0.25) is 19.6 Å². The van der Waals surface area contributed by atoms with Crippen LogP contribution in [-0.2, 0) is 29.1 Å². The van der Waals surface area contributed by atoms with E-state index in [2.05, 4.69) is 15.5 Å². The predicted octanol–water partition coefficient (Wildman–Crippen LogP) is 0.587. The summed E-state index contributed by atoms with van der Waals surface area (Å²) in [5.41, 5.74) is 2.15. The first-order valence-corrected chi connectivity index (χ1v) is 8.96. The van der Waals surface area contributed by atoms with E-state index >= 15 is 0 Å². The Bertz CT molecular complexity index is 811. The van der Waals surface area contributed by atoms with Crippen LogP contribution in [-0.4, -0.2) is 57.5 Å². The maximum Gasteiger partial charge on any atom is 0.237 e. The van der Waals surface area contributed by atoms with E-state index in [1.54, 1.807) is 6.20 Å². The van der Waals surface area contributed by atoms with Crippen LogP contribution in [0.3, 0.4) is 0 Å². The molecule has 2 aromatic rings. The zero-order valence-electron chi connectivity index (χ0n) is 14.8. The summed E-state index contributed by atoms with van der Waals surface area (Å²) in [4.78, 5) is 29.1. The van der Waals surface area contributed by atoms with Crippen molar-refractivity contribution in [2.45, 2.75) is 38.9 Å². The maximum absolute atomic E-state index is 12.8. The van der Waals surface area contributed by atoms with Crippen LogP contribution in [0, 0.1) is 6.92 Å². The van der Waals surface area contributed by atoms with Crippen molar-refractivity contribution in [3.8, 4) is 0 Å². The Balaban J connectivity index is 1.43. The molecule has 2 aliphatic heterocycles. The maximum atomic E-state index is 12.8. The molecule has 2 amide bonds. The summed E-state index contributed by atoms with van der Waals surface area (Å²) < 4.78 is 5.64. The molecule has 0 radical (unpaired) electrons. The van der Waals surface area contributed by atoms with Crippen LogP contribution in [0.2, 0.25) is 0 Å². The smallest absolute Gasteiger partial charge is 0.237 e. The largest absolute Gasteiger partial charge is 0.465 e. The van der Waals surface area contributed by atoms with Gasteiger partial charge < -0.3 is 14.6 Å². The lowest BCUT2D eigenvalue weighted by Gasteiger charge is -2.35. The molecule has 0 spiro atoms. The SMILES string of the molecule is Cc1ccc(CN2CCNC(=O)[C@H]2CC(=O)N2CCc3[nH]ncc3C2)o1. The number of hydrogen-bond donors (Lipinski definition) is 2. The van der Waals surface area contributed by atoms with Crippen LogP contribution in [0.1, 0.15) is 29.2 Å². The molecule has 0 unspecified atom stereocenters.